The Morgan fingerprint density at radius 2 is 2.03 bits per heavy atom. The zero-order chi connectivity index (χ0) is 23.2. The SMILES string of the molecule is C=CC[C@]12C=C(c3cccc(OC)c3)[C@H](C(=O)N(CCCO)C1=O)[C@H]1c3ccccc3C[C@H]12. The predicted octanol–water partition coefficient (Wildman–Crippen LogP) is 3.98. The Hall–Kier alpha value is -3.18. The van der Waals surface area contributed by atoms with Crippen molar-refractivity contribution in [3.05, 3.63) is 84.0 Å². The number of carbonyl (C=O) groups is 2. The predicted molar refractivity (Wildman–Crippen MR) is 127 cm³/mol. The van der Waals surface area contributed by atoms with Gasteiger partial charge in [0.2, 0.25) is 11.8 Å². The molecule has 5 nitrogen and oxygen atoms in total. The second-order valence-corrected chi connectivity index (χ2v) is 9.25. The lowest BCUT2D eigenvalue weighted by Crippen LogP contribution is -2.47. The number of allylic oxidation sites excluding steroid dienone is 1. The maximum Gasteiger partial charge on any atom is 0.239 e. The fourth-order valence-electron chi connectivity index (χ4n) is 6.28. The summed E-state index contributed by atoms with van der Waals surface area (Å²) in [5.41, 5.74) is 3.32. The van der Waals surface area contributed by atoms with Crippen LogP contribution in [0.2, 0.25) is 0 Å². The zero-order valence-corrected chi connectivity index (χ0v) is 18.9. The average molecular weight is 444 g/mol. The molecule has 1 saturated heterocycles. The minimum absolute atomic E-state index is 0.0113. The van der Waals surface area contributed by atoms with Gasteiger partial charge >= 0.3 is 0 Å². The third-order valence-corrected chi connectivity index (χ3v) is 7.66. The van der Waals surface area contributed by atoms with Crippen molar-refractivity contribution in [2.45, 2.75) is 25.2 Å². The number of nitrogens with zero attached hydrogens (tertiary/aromatic N) is 1. The molecule has 5 heteroatoms. The van der Waals surface area contributed by atoms with E-state index in [1.165, 1.54) is 16.0 Å². The highest BCUT2D eigenvalue weighted by molar-refractivity contribution is 6.09. The monoisotopic (exact) mass is 443 g/mol. The molecule has 2 aliphatic carbocycles. The van der Waals surface area contributed by atoms with Gasteiger partial charge in [-0.15, -0.1) is 6.58 Å². The number of imide groups is 1. The van der Waals surface area contributed by atoms with Crippen LogP contribution in [0.15, 0.2) is 67.3 Å². The van der Waals surface area contributed by atoms with Gasteiger partial charge in [0.05, 0.1) is 18.4 Å². The van der Waals surface area contributed by atoms with Gasteiger partial charge in [-0.3, -0.25) is 14.5 Å². The fraction of sp³-hybridized carbons (Fsp3) is 0.357. The van der Waals surface area contributed by atoms with Gasteiger partial charge in [0.15, 0.2) is 0 Å². The standard InChI is InChI=1S/C28H29NO4/c1-3-12-28-17-22(18-9-6-10-20(15-18)33-2)25(26(31)29(27(28)32)13-7-14-30)24-21-11-5-4-8-19(21)16-23(24)28/h3-6,8-11,15,17,23-25,30H,1,7,12-14,16H2,2H3/t23-,24+,25+,28-/m1/s1. The smallest absolute Gasteiger partial charge is 0.239 e. The van der Waals surface area contributed by atoms with Crippen molar-refractivity contribution in [2.24, 2.45) is 17.3 Å². The Morgan fingerprint density at radius 1 is 1.21 bits per heavy atom. The second-order valence-electron chi connectivity index (χ2n) is 9.25. The van der Waals surface area contributed by atoms with Crippen LogP contribution in [0.25, 0.3) is 5.57 Å². The number of hydrogen-bond donors (Lipinski definition) is 1. The van der Waals surface area contributed by atoms with Gasteiger partial charge < -0.3 is 9.84 Å². The molecule has 2 aliphatic heterocycles. The Morgan fingerprint density at radius 3 is 2.79 bits per heavy atom. The van der Waals surface area contributed by atoms with Gasteiger partial charge in [-0.1, -0.05) is 48.6 Å². The molecule has 4 atom stereocenters. The van der Waals surface area contributed by atoms with Crippen molar-refractivity contribution in [1.29, 1.82) is 0 Å². The molecular weight excluding hydrogens is 414 g/mol. The zero-order valence-electron chi connectivity index (χ0n) is 18.9. The lowest BCUT2D eigenvalue weighted by Gasteiger charge is -2.42. The van der Waals surface area contributed by atoms with E-state index in [1.807, 2.05) is 36.4 Å². The van der Waals surface area contributed by atoms with Crippen molar-refractivity contribution < 1.29 is 19.4 Å². The van der Waals surface area contributed by atoms with Gasteiger partial charge in [0.25, 0.3) is 0 Å². The third-order valence-electron chi connectivity index (χ3n) is 7.66. The summed E-state index contributed by atoms with van der Waals surface area (Å²) in [6, 6.07) is 16.0. The van der Waals surface area contributed by atoms with Crippen LogP contribution >= 0.6 is 0 Å². The highest BCUT2D eigenvalue weighted by Crippen LogP contribution is 2.62. The average Bonchev–Trinajstić information content (AvgIpc) is 3.18. The van der Waals surface area contributed by atoms with Crippen molar-refractivity contribution in [3.8, 4) is 5.75 Å². The number of hydrogen-bond acceptors (Lipinski definition) is 4. The maximum atomic E-state index is 14.1. The highest BCUT2D eigenvalue weighted by Gasteiger charge is 2.62. The minimum Gasteiger partial charge on any atom is -0.497 e. The third kappa shape index (κ3) is 3.17. The van der Waals surface area contributed by atoms with E-state index in [4.69, 9.17) is 4.74 Å². The molecule has 0 unspecified atom stereocenters. The fourth-order valence-corrected chi connectivity index (χ4v) is 6.28. The summed E-state index contributed by atoms with van der Waals surface area (Å²) in [6.07, 6.45) is 5.47. The molecule has 0 aromatic heterocycles. The number of amides is 2. The Bertz CT molecular complexity index is 1150. The summed E-state index contributed by atoms with van der Waals surface area (Å²) in [5, 5.41) is 9.44. The van der Waals surface area contributed by atoms with Crippen LogP contribution in [0.5, 0.6) is 5.75 Å². The Balaban J connectivity index is 1.77. The molecule has 0 radical (unpaired) electrons. The van der Waals surface area contributed by atoms with Gasteiger partial charge in [0.1, 0.15) is 5.75 Å². The van der Waals surface area contributed by atoms with Crippen LogP contribution in [0.3, 0.4) is 0 Å². The molecule has 0 saturated carbocycles. The summed E-state index contributed by atoms with van der Waals surface area (Å²) in [5.74, 6) is -0.174. The van der Waals surface area contributed by atoms with Crippen LogP contribution in [0.4, 0.5) is 0 Å². The van der Waals surface area contributed by atoms with Gasteiger partial charge in [-0.25, -0.2) is 0 Å². The van der Waals surface area contributed by atoms with E-state index < -0.39 is 11.3 Å². The number of fused-ring (bicyclic) bond motifs is 3. The van der Waals surface area contributed by atoms with E-state index in [-0.39, 0.29) is 36.8 Å². The van der Waals surface area contributed by atoms with Crippen LogP contribution in [-0.2, 0) is 16.0 Å². The van der Waals surface area contributed by atoms with Crippen molar-refractivity contribution in [2.75, 3.05) is 20.3 Å². The molecule has 2 bridgehead atoms. The molecule has 170 valence electrons. The number of ether oxygens (including phenoxy) is 1. The molecule has 4 aliphatic rings. The molecule has 2 aromatic rings. The summed E-state index contributed by atoms with van der Waals surface area (Å²) < 4.78 is 5.46. The van der Waals surface area contributed by atoms with Gasteiger partial charge in [-0.05, 0) is 59.6 Å². The second kappa shape index (κ2) is 8.31. The number of carbonyl (C=O) groups excluding carboxylic acids is 2. The van der Waals surface area contributed by atoms with E-state index in [0.29, 0.717) is 18.6 Å². The molecule has 1 fully saturated rings. The maximum absolute atomic E-state index is 14.1. The summed E-state index contributed by atoms with van der Waals surface area (Å²) in [7, 11) is 1.63. The van der Waals surface area contributed by atoms with Crippen LogP contribution in [0, 0.1) is 17.3 Å². The summed E-state index contributed by atoms with van der Waals surface area (Å²) >= 11 is 0. The molecule has 2 aromatic carbocycles. The van der Waals surface area contributed by atoms with Gasteiger partial charge in [0, 0.05) is 19.1 Å². The topological polar surface area (TPSA) is 66.8 Å². The van der Waals surface area contributed by atoms with E-state index >= 15 is 0 Å². The largest absolute Gasteiger partial charge is 0.497 e. The van der Waals surface area contributed by atoms with Crippen molar-refractivity contribution in [1.82, 2.24) is 4.90 Å². The first-order valence-corrected chi connectivity index (χ1v) is 11.6. The van der Waals surface area contributed by atoms with Crippen LogP contribution in [0.1, 0.15) is 35.4 Å². The number of aliphatic hydroxyl groups excluding tert-OH is 1. The normalized spacial score (nSPS) is 27.6. The van der Waals surface area contributed by atoms with Crippen LogP contribution in [-0.4, -0.2) is 42.1 Å². The number of benzene rings is 2. The van der Waals surface area contributed by atoms with E-state index in [2.05, 4.69) is 24.8 Å². The van der Waals surface area contributed by atoms with Crippen molar-refractivity contribution >= 4 is 17.4 Å². The van der Waals surface area contributed by atoms with E-state index in [0.717, 1.165) is 17.6 Å². The quantitative estimate of drug-likeness (QED) is 0.519. The molecular formula is C28H29NO4. The van der Waals surface area contributed by atoms with Crippen LogP contribution < -0.4 is 4.74 Å². The Labute approximate surface area is 194 Å². The molecule has 1 N–H and O–H groups in total. The molecule has 0 spiro atoms. The van der Waals surface area contributed by atoms with E-state index in [9.17, 15) is 14.7 Å². The lowest BCUT2D eigenvalue weighted by molar-refractivity contribution is -0.149. The molecule has 2 heterocycles. The lowest BCUT2D eigenvalue weighted by atomic mass is 9.58. The highest BCUT2D eigenvalue weighted by atomic mass is 16.5. The number of methoxy groups -OCH3 is 1. The number of rotatable bonds is 7. The van der Waals surface area contributed by atoms with E-state index in [1.54, 1.807) is 13.2 Å². The number of aliphatic hydroxyl groups is 1. The summed E-state index contributed by atoms with van der Waals surface area (Å²) in [4.78, 5) is 29.6. The van der Waals surface area contributed by atoms with Gasteiger partial charge in [-0.2, -0.15) is 0 Å². The first-order valence-electron chi connectivity index (χ1n) is 11.6. The summed E-state index contributed by atoms with van der Waals surface area (Å²) in [6.45, 7) is 4.14. The molecule has 33 heavy (non-hydrogen) atoms. The molecule has 2 amide bonds. The first kappa shape index (κ1) is 21.7. The minimum atomic E-state index is -0.859. The van der Waals surface area contributed by atoms with Crippen molar-refractivity contribution in [3.63, 3.8) is 0 Å². The first-order chi connectivity index (χ1) is 16.1. The molecule has 6 rings (SSSR count). The Kier molecular flexibility index (Phi) is 5.45.